The quantitative estimate of drug-likeness (QED) is 0.0223. The number of unbranched alkanes of at least 4 members (excludes halogenated alkanes) is 35. The highest BCUT2D eigenvalue weighted by Crippen LogP contribution is 2.27. The summed E-state index contributed by atoms with van der Waals surface area (Å²) in [5.41, 5.74) is 0. The molecular weight excluding hydrogens is 909 g/mol. The van der Waals surface area contributed by atoms with Gasteiger partial charge < -0.3 is 64.2 Å². The molecule has 7 N–H and O–H groups in total. The van der Waals surface area contributed by atoms with E-state index in [1.807, 2.05) is 0 Å². The number of hydrogen-bond acceptors (Lipinski definition) is 14. The first-order valence-corrected chi connectivity index (χ1v) is 29.6. The van der Waals surface area contributed by atoms with E-state index in [2.05, 4.69) is 13.8 Å². The lowest BCUT2D eigenvalue weighted by molar-refractivity contribution is -0.332. The van der Waals surface area contributed by atoms with Gasteiger partial charge in [-0.3, -0.25) is 4.79 Å². The van der Waals surface area contributed by atoms with E-state index in [1.165, 1.54) is 193 Å². The van der Waals surface area contributed by atoms with E-state index in [4.69, 9.17) is 28.4 Å². The van der Waals surface area contributed by atoms with Gasteiger partial charge in [0, 0.05) is 13.0 Å². The van der Waals surface area contributed by atoms with Crippen LogP contribution >= 0.6 is 0 Å². The van der Waals surface area contributed by atoms with Crippen LogP contribution in [0, 0.1) is 0 Å². The summed E-state index contributed by atoms with van der Waals surface area (Å²) in [4.78, 5) is 13.1. The molecule has 0 radical (unpaired) electrons. The maximum atomic E-state index is 13.1. The van der Waals surface area contributed by atoms with E-state index in [0.29, 0.717) is 6.61 Å². The third-order valence-electron chi connectivity index (χ3n) is 14.6. The van der Waals surface area contributed by atoms with Gasteiger partial charge in [0.1, 0.15) is 54.9 Å². The van der Waals surface area contributed by atoms with E-state index in [9.17, 15) is 40.5 Å². The Balaban J connectivity index is 1.69. The molecule has 2 heterocycles. The molecule has 11 unspecified atom stereocenters. The summed E-state index contributed by atoms with van der Waals surface area (Å²) in [6, 6.07) is 0. The van der Waals surface area contributed by atoms with Crippen LogP contribution in [0.15, 0.2) is 0 Å². The summed E-state index contributed by atoms with van der Waals surface area (Å²) >= 11 is 0. The van der Waals surface area contributed by atoms with Gasteiger partial charge in [0.2, 0.25) is 0 Å². The maximum Gasteiger partial charge on any atom is 0.306 e. The van der Waals surface area contributed by atoms with Crippen LogP contribution in [0.3, 0.4) is 0 Å². The SMILES string of the molecule is CCCCCCCCCCCCCCCCCCCCCCCCC(=O)OC(COCCCCCCCCCCCCCCCCC)COC1OC(COC2OC(CO)C(O)C(O)C2O)C(O)C(O)C1O. The molecule has 0 amide bonds. The van der Waals surface area contributed by atoms with Gasteiger partial charge in [0.15, 0.2) is 12.6 Å². The molecule has 2 rings (SSSR count). The third-order valence-corrected chi connectivity index (χ3v) is 14.6. The van der Waals surface area contributed by atoms with Gasteiger partial charge >= 0.3 is 5.97 Å². The fourth-order valence-electron chi connectivity index (χ4n) is 9.82. The van der Waals surface area contributed by atoms with Crippen molar-refractivity contribution in [3.63, 3.8) is 0 Å². The Morgan fingerprint density at radius 2 is 0.746 bits per heavy atom. The van der Waals surface area contributed by atoms with E-state index in [0.717, 1.165) is 44.9 Å². The van der Waals surface area contributed by atoms with E-state index >= 15 is 0 Å². The number of carbonyl (C=O) groups excluding carboxylic acids is 1. The monoisotopic (exact) mass is 1020 g/mol. The minimum Gasteiger partial charge on any atom is -0.457 e. The first-order chi connectivity index (χ1) is 34.6. The van der Waals surface area contributed by atoms with Gasteiger partial charge in [-0.05, 0) is 12.8 Å². The molecule has 2 saturated heterocycles. The lowest BCUT2D eigenvalue weighted by Gasteiger charge is -2.42. The molecule has 0 aromatic carbocycles. The van der Waals surface area contributed by atoms with Gasteiger partial charge in [-0.1, -0.05) is 239 Å². The maximum absolute atomic E-state index is 13.1. The zero-order chi connectivity index (χ0) is 51.6. The zero-order valence-electron chi connectivity index (χ0n) is 45.2. The number of aliphatic hydroxyl groups is 7. The molecule has 0 saturated carbocycles. The summed E-state index contributed by atoms with van der Waals surface area (Å²) in [5.74, 6) is -0.367. The number of hydrogen-bond donors (Lipinski definition) is 7. The second-order valence-corrected chi connectivity index (χ2v) is 21.2. The van der Waals surface area contributed by atoms with E-state index in [1.54, 1.807) is 0 Å². The normalized spacial score (nSPS) is 25.2. The van der Waals surface area contributed by atoms with Crippen LogP contribution in [0.1, 0.15) is 258 Å². The minimum atomic E-state index is -1.70. The van der Waals surface area contributed by atoms with Gasteiger partial charge in [-0.25, -0.2) is 0 Å². The lowest BCUT2D eigenvalue weighted by Crippen LogP contribution is -2.61. The second kappa shape index (κ2) is 45.2. The van der Waals surface area contributed by atoms with Crippen molar-refractivity contribution in [2.75, 3.05) is 33.0 Å². The Labute approximate surface area is 432 Å². The van der Waals surface area contributed by atoms with Crippen molar-refractivity contribution in [2.24, 2.45) is 0 Å². The fraction of sp³-hybridized carbons (Fsp3) is 0.982. The van der Waals surface area contributed by atoms with Crippen LogP contribution in [0.2, 0.25) is 0 Å². The first-order valence-electron chi connectivity index (χ1n) is 29.6. The zero-order valence-corrected chi connectivity index (χ0v) is 45.2. The van der Waals surface area contributed by atoms with Crippen molar-refractivity contribution in [1.82, 2.24) is 0 Å². The van der Waals surface area contributed by atoms with E-state index < -0.39 is 80.7 Å². The molecule has 2 aliphatic heterocycles. The van der Waals surface area contributed by atoms with Gasteiger partial charge in [-0.2, -0.15) is 0 Å². The van der Waals surface area contributed by atoms with Crippen LogP contribution in [-0.4, -0.2) is 142 Å². The Morgan fingerprint density at radius 3 is 1.14 bits per heavy atom. The summed E-state index contributed by atoms with van der Waals surface area (Å²) in [7, 11) is 0. The van der Waals surface area contributed by atoms with Crippen LogP contribution in [-0.2, 0) is 33.2 Å². The van der Waals surface area contributed by atoms with Crippen molar-refractivity contribution >= 4 is 5.97 Å². The summed E-state index contributed by atoms with van der Waals surface area (Å²) in [5, 5.41) is 72.3. The molecule has 0 aromatic heterocycles. The summed E-state index contributed by atoms with van der Waals surface area (Å²) in [6.07, 6.45) is 31.6. The third kappa shape index (κ3) is 32.2. The summed E-state index contributed by atoms with van der Waals surface area (Å²) < 4.78 is 34.4. The molecule has 71 heavy (non-hydrogen) atoms. The highest BCUT2D eigenvalue weighted by Gasteiger charge is 2.47. The number of aliphatic hydroxyl groups excluding tert-OH is 7. The predicted octanol–water partition coefficient (Wildman–Crippen LogP) is 10.4. The van der Waals surface area contributed by atoms with Gasteiger partial charge in [-0.15, -0.1) is 0 Å². The average Bonchev–Trinajstić information content (AvgIpc) is 3.37. The molecular formula is C57H110O14. The molecule has 2 fully saturated rings. The molecule has 0 bridgehead atoms. The lowest BCUT2D eigenvalue weighted by atomic mass is 9.98. The molecule has 2 aliphatic rings. The van der Waals surface area contributed by atoms with Gasteiger partial charge in [0.05, 0.1) is 26.4 Å². The predicted molar refractivity (Wildman–Crippen MR) is 280 cm³/mol. The Kier molecular flexibility index (Phi) is 42.1. The van der Waals surface area contributed by atoms with Crippen LogP contribution in [0.4, 0.5) is 0 Å². The molecule has 14 heteroatoms. The number of esters is 1. The molecule has 422 valence electrons. The summed E-state index contributed by atoms with van der Waals surface area (Å²) in [6.45, 7) is 3.76. The van der Waals surface area contributed by atoms with Crippen LogP contribution in [0.5, 0.6) is 0 Å². The largest absolute Gasteiger partial charge is 0.457 e. The van der Waals surface area contributed by atoms with Gasteiger partial charge in [0.25, 0.3) is 0 Å². The standard InChI is InChI=1S/C57H110O14/c1-3-5-7-9-11-13-15-17-19-20-21-22-23-24-25-26-28-30-32-34-36-38-40-49(59)69-46(43-66-41-39-37-35-33-31-29-27-18-16-14-12-10-8-6-4-2)44-67-56-55(65)53(63)51(61)48(71-56)45-68-57-54(64)52(62)50(60)47(42-58)70-57/h46-48,50-58,60-65H,3-45H2,1-2H3. The topological polar surface area (TPSA) is 214 Å². The Morgan fingerprint density at radius 1 is 0.408 bits per heavy atom. The van der Waals surface area contributed by atoms with E-state index in [-0.39, 0.29) is 25.6 Å². The molecule has 0 spiro atoms. The van der Waals surface area contributed by atoms with Crippen molar-refractivity contribution in [1.29, 1.82) is 0 Å². The van der Waals surface area contributed by atoms with Crippen molar-refractivity contribution in [3.05, 3.63) is 0 Å². The first kappa shape index (κ1) is 66.1. The minimum absolute atomic E-state index is 0.0708. The highest BCUT2D eigenvalue weighted by atomic mass is 16.7. The Bertz CT molecular complexity index is 1180. The molecule has 14 nitrogen and oxygen atoms in total. The van der Waals surface area contributed by atoms with Crippen molar-refractivity contribution in [3.8, 4) is 0 Å². The Hall–Kier alpha value is -1.01. The highest BCUT2D eigenvalue weighted by molar-refractivity contribution is 5.69. The number of carbonyl (C=O) groups is 1. The van der Waals surface area contributed by atoms with Crippen LogP contribution < -0.4 is 0 Å². The second-order valence-electron chi connectivity index (χ2n) is 21.2. The number of rotatable bonds is 49. The number of ether oxygens (including phenoxy) is 6. The van der Waals surface area contributed by atoms with Crippen molar-refractivity contribution < 1.29 is 69.0 Å². The molecule has 0 aliphatic carbocycles. The van der Waals surface area contributed by atoms with Crippen LogP contribution in [0.25, 0.3) is 0 Å². The fourth-order valence-corrected chi connectivity index (χ4v) is 9.82. The molecule has 11 atom stereocenters. The molecule has 0 aromatic rings. The average molecular weight is 1020 g/mol. The smallest absolute Gasteiger partial charge is 0.306 e. The van der Waals surface area contributed by atoms with Crippen molar-refractivity contribution in [2.45, 2.75) is 325 Å².